The van der Waals surface area contributed by atoms with Crippen LogP contribution in [-0.4, -0.2) is 0 Å². The molecular weight excluding hydrogens is 450 g/mol. The minimum Gasteiger partial charge on any atom is -0.194 e. The van der Waals surface area contributed by atoms with Crippen LogP contribution in [0.2, 0.25) is 0 Å². The molecule has 0 amide bonds. The minimum atomic E-state index is 1.10. The van der Waals surface area contributed by atoms with Gasteiger partial charge < -0.3 is 0 Å². The number of nitrogens with zero attached hydrogens (tertiary/aromatic N) is 1. The standard InChI is InChI=1S/C23H20Br2N/c1-13-9-14(2)22(15(3)10-13)23-18-11-16(24)5-7-20(18)26(4)21-8-6-17(25)12-19(21)23/h5-12H,1-4H3/q+1. The lowest BCUT2D eigenvalue weighted by atomic mass is 9.89. The van der Waals surface area contributed by atoms with E-state index < -0.39 is 0 Å². The predicted molar refractivity (Wildman–Crippen MR) is 118 cm³/mol. The fraction of sp³-hybridized carbons (Fsp3) is 0.174. The molecule has 1 heterocycles. The third-order valence-electron chi connectivity index (χ3n) is 5.11. The van der Waals surface area contributed by atoms with Gasteiger partial charge in [-0.3, -0.25) is 0 Å². The average Bonchev–Trinajstić information content (AvgIpc) is 2.56. The number of aromatic nitrogens is 1. The molecule has 0 aliphatic heterocycles. The molecule has 3 aromatic carbocycles. The fourth-order valence-corrected chi connectivity index (χ4v) is 4.84. The molecule has 0 aliphatic rings. The Morgan fingerprint density at radius 3 is 1.58 bits per heavy atom. The Labute approximate surface area is 170 Å². The van der Waals surface area contributed by atoms with Crippen molar-refractivity contribution in [3.63, 3.8) is 0 Å². The zero-order valence-electron chi connectivity index (χ0n) is 15.3. The number of halogens is 2. The second-order valence-corrected chi connectivity index (χ2v) is 8.86. The van der Waals surface area contributed by atoms with E-state index in [1.165, 1.54) is 49.6 Å². The molecule has 0 saturated heterocycles. The van der Waals surface area contributed by atoms with Crippen molar-refractivity contribution in [1.82, 2.24) is 0 Å². The lowest BCUT2D eigenvalue weighted by Gasteiger charge is -2.16. The van der Waals surface area contributed by atoms with Gasteiger partial charge in [0.05, 0.1) is 10.8 Å². The van der Waals surface area contributed by atoms with Crippen molar-refractivity contribution in [3.05, 3.63) is 74.2 Å². The summed E-state index contributed by atoms with van der Waals surface area (Å²) in [7, 11) is 2.14. The van der Waals surface area contributed by atoms with Crippen LogP contribution in [0.5, 0.6) is 0 Å². The number of benzene rings is 3. The molecule has 0 fully saturated rings. The first-order chi connectivity index (χ1) is 12.4. The van der Waals surface area contributed by atoms with E-state index in [1.54, 1.807) is 0 Å². The van der Waals surface area contributed by atoms with E-state index in [9.17, 15) is 0 Å². The van der Waals surface area contributed by atoms with Crippen LogP contribution >= 0.6 is 31.9 Å². The van der Waals surface area contributed by atoms with E-state index in [0.717, 1.165) is 8.95 Å². The van der Waals surface area contributed by atoms with Crippen molar-refractivity contribution in [2.75, 3.05) is 0 Å². The maximum atomic E-state index is 3.67. The number of hydrogen-bond acceptors (Lipinski definition) is 0. The summed E-state index contributed by atoms with van der Waals surface area (Å²) < 4.78 is 4.48. The van der Waals surface area contributed by atoms with Gasteiger partial charge in [-0.15, -0.1) is 0 Å². The average molecular weight is 470 g/mol. The third-order valence-corrected chi connectivity index (χ3v) is 6.09. The Morgan fingerprint density at radius 1 is 0.654 bits per heavy atom. The van der Waals surface area contributed by atoms with E-state index >= 15 is 0 Å². The van der Waals surface area contributed by atoms with Crippen molar-refractivity contribution in [1.29, 1.82) is 0 Å². The highest BCUT2D eigenvalue weighted by Gasteiger charge is 2.21. The molecule has 1 nitrogen and oxygen atoms in total. The Bertz CT molecular complexity index is 1110. The molecule has 0 atom stereocenters. The van der Waals surface area contributed by atoms with Crippen LogP contribution in [0.1, 0.15) is 16.7 Å². The first-order valence-corrected chi connectivity index (χ1v) is 10.2. The lowest BCUT2D eigenvalue weighted by Crippen LogP contribution is -2.30. The van der Waals surface area contributed by atoms with Crippen molar-refractivity contribution >= 4 is 53.7 Å². The van der Waals surface area contributed by atoms with Crippen LogP contribution in [0.3, 0.4) is 0 Å². The van der Waals surface area contributed by atoms with Crippen molar-refractivity contribution in [3.8, 4) is 11.1 Å². The Kier molecular flexibility index (Phi) is 4.40. The second-order valence-electron chi connectivity index (χ2n) is 7.03. The second kappa shape index (κ2) is 6.47. The van der Waals surface area contributed by atoms with Crippen molar-refractivity contribution in [2.24, 2.45) is 7.05 Å². The van der Waals surface area contributed by atoms with Gasteiger partial charge in [-0.2, -0.15) is 4.57 Å². The summed E-state index contributed by atoms with van der Waals surface area (Å²) >= 11 is 7.34. The molecule has 0 aliphatic carbocycles. The number of fused-ring (bicyclic) bond motifs is 2. The van der Waals surface area contributed by atoms with E-state index in [2.05, 4.69) is 113 Å². The van der Waals surface area contributed by atoms with E-state index in [-0.39, 0.29) is 0 Å². The highest BCUT2D eigenvalue weighted by atomic mass is 79.9. The molecule has 0 unspecified atom stereocenters. The number of aryl methyl sites for hydroxylation is 4. The molecule has 0 saturated carbocycles. The third kappa shape index (κ3) is 2.78. The minimum absolute atomic E-state index is 1.10. The summed E-state index contributed by atoms with van der Waals surface area (Å²) in [5.41, 5.74) is 9.06. The normalized spacial score (nSPS) is 11.5. The summed E-state index contributed by atoms with van der Waals surface area (Å²) in [6, 6.07) is 17.7. The molecule has 0 spiro atoms. The van der Waals surface area contributed by atoms with Gasteiger partial charge in [0.15, 0.2) is 0 Å². The summed E-state index contributed by atoms with van der Waals surface area (Å²) in [6.07, 6.45) is 0. The zero-order valence-corrected chi connectivity index (χ0v) is 18.5. The highest BCUT2D eigenvalue weighted by molar-refractivity contribution is 9.10. The van der Waals surface area contributed by atoms with E-state index in [1.807, 2.05) is 0 Å². The van der Waals surface area contributed by atoms with Gasteiger partial charge in [-0.05, 0) is 61.7 Å². The molecule has 26 heavy (non-hydrogen) atoms. The molecule has 130 valence electrons. The van der Waals surface area contributed by atoms with Crippen LogP contribution < -0.4 is 4.57 Å². The van der Waals surface area contributed by atoms with Gasteiger partial charge in [0.1, 0.15) is 7.05 Å². The van der Waals surface area contributed by atoms with Crippen molar-refractivity contribution < 1.29 is 4.57 Å². The molecule has 4 rings (SSSR count). The largest absolute Gasteiger partial charge is 0.213 e. The van der Waals surface area contributed by atoms with E-state index in [0.29, 0.717) is 0 Å². The topological polar surface area (TPSA) is 3.88 Å². The smallest absolute Gasteiger partial charge is 0.194 e. The molecule has 0 radical (unpaired) electrons. The summed E-state index contributed by atoms with van der Waals surface area (Å²) in [4.78, 5) is 0. The Hall–Kier alpha value is -1.71. The van der Waals surface area contributed by atoms with Gasteiger partial charge in [0.2, 0.25) is 11.0 Å². The summed E-state index contributed by atoms with van der Waals surface area (Å²) in [6.45, 7) is 6.60. The van der Waals surface area contributed by atoms with Gasteiger partial charge in [0, 0.05) is 26.6 Å². The first-order valence-electron chi connectivity index (χ1n) is 8.65. The zero-order chi connectivity index (χ0) is 18.6. The van der Waals surface area contributed by atoms with Gasteiger partial charge >= 0.3 is 0 Å². The van der Waals surface area contributed by atoms with Crippen LogP contribution in [0, 0.1) is 20.8 Å². The predicted octanol–water partition coefficient (Wildman–Crippen LogP) is 6.93. The highest BCUT2D eigenvalue weighted by Crippen LogP contribution is 2.39. The monoisotopic (exact) mass is 468 g/mol. The molecule has 4 aromatic rings. The molecule has 0 bridgehead atoms. The number of hydrogen-bond donors (Lipinski definition) is 0. The van der Waals surface area contributed by atoms with Crippen LogP contribution in [0.25, 0.3) is 32.9 Å². The summed E-state index contributed by atoms with van der Waals surface area (Å²) in [5.74, 6) is 0. The number of rotatable bonds is 1. The molecule has 3 heteroatoms. The molecule has 1 aromatic heterocycles. The van der Waals surface area contributed by atoms with Crippen LogP contribution in [0.15, 0.2) is 57.5 Å². The van der Waals surface area contributed by atoms with Crippen LogP contribution in [0.4, 0.5) is 0 Å². The summed E-state index contributed by atoms with van der Waals surface area (Å²) in [5, 5.41) is 2.53. The quantitative estimate of drug-likeness (QED) is 0.210. The van der Waals surface area contributed by atoms with Crippen molar-refractivity contribution in [2.45, 2.75) is 20.8 Å². The SMILES string of the molecule is Cc1cc(C)c(-c2c3cc(Br)ccc3[n+](C)c3ccc(Br)cc23)c(C)c1. The van der Waals surface area contributed by atoms with Gasteiger partial charge in [-0.1, -0.05) is 49.6 Å². The maximum absolute atomic E-state index is 3.67. The molecule has 0 N–H and O–H groups in total. The lowest BCUT2D eigenvalue weighted by molar-refractivity contribution is -0.617. The first kappa shape index (κ1) is 17.7. The Morgan fingerprint density at radius 2 is 1.12 bits per heavy atom. The fourth-order valence-electron chi connectivity index (χ4n) is 4.12. The van der Waals surface area contributed by atoms with E-state index in [4.69, 9.17) is 0 Å². The van der Waals surface area contributed by atoms with Gasteiger partial charge in [0.25, 0.3) is 0 Å². The number of pyridine rings is 1. The van der Waals surface area contributed by atoms with Crippen LogP contribution in [-0.2, 0) is 7.05 Å². The maximum Gasteiger partial charge on any atom is 0.213 e. The molecular formula is C23H20Br2N+. The van der Waals surface area contributed by atoms with Gasteiger partial charge in [-0.25, -0.2) is 0 Å². The Balaban J connectivity index is 2.31.